The van der Waals surface area contributed by atoms with Gasteiger partial charge in [-0.1, -0.05) is 6.07 Å². The van der Waals surface area contributed by atoms with Crippen molar-refractivity contribution in [3.63, 3.8) is 0 Å². The lowest BCUT2D eigenvalue weighted by Gasteiger charge is -2.19. The molecule has 1 aliphatic rings. The number of ether oxygens (including phenoxy) is 1. The van der Waals surface area contributed by atoms with E-state index in [4.69, 9.17) is 0 Å². The zero-order chi connectivity index (χ0) is 10.8. The molecule has 3 nitrogen and oxygen atoms in total. The van der Waals surface area contributed by atoms with Crippen molar-refractivity contribution >= 4 is 5.91 Å². The minimum absolute atomic E-state index is 0.0948. The van der Waals surface area contributed by atoms with E-state index >= 15 is 0 Å². The van der Waals surface area contributed by atoms with E-state index < -0.39 is 6.61 Å². The van der Waals surface area contributed by atoms with Gasteiger partial charge in [-0.25, -0.2) is 0 Å². The summed E-state index contributed by atoms with van der Waals surface area (Å²) in [6, 6.07) is 4.58. The van der Waals surface area contributed by atoms with E-state index in [2.05, 4.69) is 10.1 Å². The van der Waals surface area contributed by atoms with E-state index in [0.717, 1.165) is 0 Å². The Hall–Kier alpha value is -1.65. The van der Waals surface area contributed by atoms with Gasteiger partial charge in [0.15, 0.2) is 0 Å². The van der Waals surface area contributed by atoms with Crippen LogP contribution in [0.25, 0.3) is 0 Å². The van der Waals surface area contributed by atoms with Crippen molar-refractivity contribution < 1.29 is 18.3 Å². The average Bonchev–Trinajstić information content (AvgIpc) is 2.19. The fourth-order valence-electron chi connectivity index (χ4n) is 1.64. The molecular formula is C10H9F2NO2. The van der Waals surface area contributed by atoms with Crippen LogP contribution in [0.4, 0.5) is 8.78 Å². The van der Waals surface area contributed by atoms with Crippen LogP contribution in [0.3, 0.4) is 0 Å². The molecule has 15 heavy (non-hydrogen) atoms. The Labute approximate surface area is 85.0 Å². The fraction of sp³-hybridized carbons (Fsp3) is 0.300. The third-order valence-corrected chi connectivity index (χ3v) is 2.25. The number of rotatable bonds is 2. The van der Waals surface area contributed by atoms with Crippen LogP contribution in [0.2, 0.25) is 0 Å². The van der Waals surface area contributed by atoms with Crippen LogP contribution in [0.15, 0.2) is 18.2 Å². The normalized spacial score (nSPS) is 14.7. The Morgan fingerprint density at radius 3 is 2.93 bits per heavy atom. The Kier molecular flexibility index (Phi) is 2.53. The third-order valence-electron chi connectivity index (χ3n) is 2.25. The van der Waals surface area contributed by atoms with Crippen molar-refractivity contribution in [1.82, 2.24) is 5.32 Å². The van der Waals surface area contributed by atoms with Crippen molar-refractivity contribution in [1.29, 1.82) is 0 Å². The van der Waals surface area contributed by atoms with Crippen LogP contribution in [-0.4, -0.2) is 19.1 Å². The molecule has 0 saturated carbocycles. The first-order valence-corrected chi connectivity index (χ1v) is 4.53. The number of halogens is 2. The smallest absolute Gasteiger partial charge is 0.387 e. The Balaban J connectivity index is 2.40. The highest BCUT2D eigenvalue weighted by molar-refractivity contribution is 5.97. The molecule has 1 aromatic carbocycles. The van der Waals surface area contributed by atoms with Crippen molar-refractivity contribution in [2.45, 2.75) is 13.0 Å². The first-order valence-electron chi connectivity index (χ1n) is 4.53. The number of hydrogen-bond acceptors (Lipinski definition) is 2. The van der Waals surface area contributed by atoms with Gasteiger partial charge in [0.1, 0.15) is 5.75 Å². The lowest BCUT2D eigenvalue weighted by atomic mass is 9.99. The second-order valence-corrected chi connectivity index (χ2v) is 3.17. The first kappa shape index (κ1) is 9.89. The van der Waals surface area contributed by atoms with Gasteiger partial charge in [-0.2, -0.15) is 8.78 Å². The lowest BCUT2D eigenvalue weighted by Crippen LogP contribution is -2.32. The minimum atomic E-state index is -2.86. The predicted octanol–water partition coefficient (Wildman–Crippen LogP) is 1.57. The molecule has 5 heteroatoms. The molecule has 0 spiro atoms. The number of benzene rings is 1. The van der Waals surface area contributed by atoms with E-state index in [9.17, 15) is 13.6 Å². The number of carbonyl (C=O) groups excluding carboxylic acids is 1. The van der Waals surface area contributed by atoms with Crippen molar-refractivity contribution in [3.8, 4) is 5.75 Å². The minimum Gasteiger partial charge on any atom is -0.435 e. The van der Waals surface area contributed by atoms with Crippen molar-refractivity contribution in [3.05, 3.63) is 29.3 Å². The van der Waals surface area contributed by atoms with Crippen LogP contribution < -0.4 is 10.1 Å². The maximum atomic E-state index is 12.1. The summed E-state index contributed by atoms with van der Waals surface area (Å²) in [5, 5.41) is 2.64. The van der Waals surface area contributed by atoms with Gasteiger partial charge in [-0.3, -0.25) is 4.79 Å². The summed E-state index contributed by atoms with van der Waals surface area (Å²) in [5.74, 6) is -0.145. The average molecular weight is 213 g/mol. The second kappa shape index (κ2) is 3.84. The molecule has 0 saturated heterocycles. The molecule has 1 aliphatic heterocycles. The first-order chi connectivity index (χ1) is 7.18. The summed E-state index contributed by atoms with van der Waals surface area (Å²) in [5.41, 5.74) is 0.973. The summed E-state index contributed by atoms with van der Waals surface area (Å²) in [6.45, 7) is -2.41. The highest BCUT2D eigenvalue weighted by Crippen LogP contribution is 2.26. The van der Waals surface area contributed by atoms with Gasteiger partial charge in [0.05, 0.1) is 0 Å². The van der Waals surface area contributed by atoms with E-state index in [0.29, 0.717) is 24.1 Å². The predicted molar refractivity (Wildman–Crippen MR) is 49.1 cm³/mol. The van der Waals surface area contributed by atoms with Gasteiger partial charge in [0, 0.05) is 17.7 Å². The number of carbonyl (C=O) groups is 1. The molecule has 0 radical (unpaired) electrons. The molecule has 0 unspecified atom stereocenters. The zero-order valence-corrected chi connectivity index (χ0v) is 7.80. The Bertz CT molecular complexity index is 393. The van der Waals surface area contributed by atoms with Crippen LogP contribution in [0.1, 0.15) is 15.9 Å². The van der Waals surface area contributed by atoms with Crippen molar-refractivity contribution in [2.24, 2.45) is 0 Å². The number of amides is 1. The standard InChI is InChI=1S/C10H9F2NO2/c11-10(12)15-8-3-1-2-7-6(8)4-5-13-9(7)14/h1-3,10H,4-5H2,(H,13,14). The third kappa shape index (κ3) is 1.91. The van der Waals surface area contributed by atoms with Crippen LogP contribution >= 0.6 is 0 Å². The fourth-order valence-corrected chi connectivity index (χ4v) is 1.64. The maximum absolute atomic E-state index is 12.1. The topological polar surface area (TPSA) is 38.3 Å². The molecule has 0 fully saturated rings. The van der Waals surface area contributed by atoms with Gasteiger partial charge in [-0.05, 0) is 18.6 Å². The number of fused-ring (bicyclic) bond motifs is 1. The molecule has 0 aromatic heterocycles. The van der Waals surface area contributed by atoms with E-state index in [1.54, 1.807) is 6.07 Å². The highest BCUT2D eigenvalue weighted by atomic mass is 19.3. The molecule has 0 atom stereocenters. The molecule has 80 valence electrons. The Morgan fingerprint density at radius 2 is 2.20 bits per heavy atom. The molecule has 1 amide bonds. The summed E-state index contributed by atoms with van der Waals surface area (Å²) >= 11 is 0. The lowest BCUT2D eigenvalue weighted by molar-refractivity contribution is -0.0505. The molecule has 1 aromatic rings. The maximum Gasteiger partial charge on any atom is 0.387 e. The molecular weight excluding hydrogens is 204 g/mol. The highest BCUT2D eigenvalue weighted by Gasteiger charge is 2.21. The molecule has 2 rings (SSSR count). The van der Waals surface area contributed by atoms with Crippen LogP contribution in [-0.2, 0) is 6.42 Å². The van der Waals surface area contributed by atoms with Crippen molar-refractivity contribution in [2.75, 3.05) is 6.54 Å². The van der Waals surface area contributed by atoms with Crippen LogP contribution in [0.5, 0.6) is 5.75 Å². The molecule has 1 N–H and O–H groups in total. The zero-order valence-electron chi connectivity index (χ0n) is 7.80. The monoisotopic (exact) mass is 213 g/mol. The van der Waals surface area contributed by atoms with Gasteiger partial charge in [0.2, 0.25) is 0 Å². The summed E-state index contributed by atoms with van der Waals surface area (Å²) in [7, 11) is 0. The molecule has 0 aliphatic carbocycles. The van der Waals surface area contributed by atoms with Crippen LogP contribution in [0, 0.1) is 0 Å². The van der Waals surface area contributed by atoms with E-state index in [1.807, 2.05) is 0 Å². The number of alkyl halides is 2. The number of hydrogen-bond donors (Lipinski definition) is 1. The summed E-state index contributed by atoms with van der Waals surface area (Å²) in [4.78, 5) is 11.4. The number of nitrogens with one attached hydrogen (secondary N) is 1. The molecule has 1 heterocycles. The largest absolute Gasteiger partial charge is 0.435 e. The van der Waals surface area contributed by atoms with Gasteiger partial charge < -0.3 is 10.1 Å². The van der Waals surface area contributed by atoms with E-state index in [1.165, 1.54) is 12.1 Å². The van der Waals surface area contributed by atoms with E-state index in [-0.39, 0.29) is 11.7 Å². The summed E-state index contributed by atoms with van der Waals surface area (Å²) in [6.07, 6.45) is 0.518. The second-order valence-electron chi connectivity index (χ2n) is 3.17. The quantitative estimate of drug-likeness (QED) is 0.809. The van der Waals surface area contributed by atoms with Gasteiger partial charge in [-0.15, -0.1) is 0 Å². The summed E-state index contributed by atoms with van der Waals surface area (Å²) < 4.78 is 28.5. The van der Waals surface area contributed by atoms with Gasteiger partial charge in [0.25, 0.3) is 5.91 Å². The van der Waals surface area contributed by atoms with Gasteiger partial charge >= 0.3 is 6.61 Å². The SMILES string of the molecule is O=C1NCCc2c(OC(F)F)cccc21. The Morgan fingerprint density at radius 1 is 1.40 bits per heavy atom. The molecule has 0 bridgehead atoms.